The van der Waals surface area contributed by atoms with Gasteiger partial charge in [0.2, 0.25) is 0 Å². The Morgan fingerprint density at radius 3 is 2.83 bits per heavy atom. The van der Waals surface area contributed by atoms with Crippen LogP contribution >= 0.6 is 45.9 Å². The van der Waals surface area contributed by atoms with Crippen LogP contribution in [0, 0.1) is 0 Å². The molecule has 1 aliphatic carbocycles. The third kappa shape index (κ3) is 2.54. The average Bonchev–Trinajstić information content (AvgIpc) is 2.97. The molecule has 0 bridgehead atoms. The molecule has 7 heteroatoms. The molecule has 94 valence electrons. The minimum Gasteiger partial charge on any atom is -0.298 e. The molecule has 0 unspecified atom stereocenters. The molecule has 0 aliphatic heterocycles. The van der Waals surface area contributed by atoms with Crippen molar-refractivity contribution in [2.45, 2.75) is 18.8 Å². The van der Waals surface area contributed by atoms with E-state index < -0.39 is 0 Å². The lowest BCUT2D eigenvalue weighted by Gasteiger charge is -1.99. The highest BCUT2D eigenvalue weighted by molar-refractivity contribution is 7.20. The van der Waals surface area contributed by atoms with Crippen molar-refractivity contribution in [3.05, 3.63) is 31.4 Å². The number of thiophene rings is 1. The van der Waals surface area contributed by atoms with E-state index in [9.17, 15) is 4.79 Å². The molecule has 0 aromatic carbocycles. The van der Waals surface area contributed by atoms with Crippen LogP contribution in [0.5, 0.6) is 0 Å². The van der Waals surface area contributed by atoms with Crippen molar-refractivity contribution < 1.29 is 4.79 Å². The molecule has 0 radical (unpaired) electrons. The topological polar surface area (TPSA) is 42.0 Å². The highest BCUT2D eigenvalue weighted by atomic mass is 35.5. The summed E-state index contributed by atoms with van der Waals surface area (Å²) in [4.78, 5) is 16.4. The summed E-state index contributed by atoms with van der Waals surface area (Å²) in [6.07, 6.45) is 2.40. The largest absolute Gasteiger partial charge is 0.298 e. The van der Waals surface area contributed by atoms with Crippen LogP contribution in [-0.4, -0.2) is 10.9 Å². The Bertz CT molecular complexity index is 604. The number of hydrogen-bond donors (Lipinski definition) is 1. The molecule has 3 nitrogen and oxygen atoms in total. The fourth-order valence-corrected chi connectivity index (χ4v) is 3.82. The van der Waals surface area contributed by atoms with E-state index in [0.29, 0.717) is 25.3 Å². The number of halogens is 2. The third-order valence-electron chi connectivity index (χ3n) is 2.64. The van der Waals surface area contributed by atoms with E-state index in [0.717, 1.165) is 5.69 Å². The quantitative estimate of drug-likeness (QED) is 0.895. The van der Waals surface area contributed by atoms with Crippen molar-refractivity contribution in [3.8, 4) is 0 Å². The standard InChI is InChI=1S/C11H8Cl2N2OS2/c12-8-3-6(9(13)18-8)10(16)15-11-14-7(4-17-11)5-1-2-5/h3-5H,1-2H2,(H,14,15,16). The van der Waals surface area contributed by atoms with E-state index >= 15 is 0 Å². The average molecular weight is 319 g/mol. The molecule has 1 aliphatic rings. The molecule has 1 saturated carbocycles. The first-order valence-electron chi connectivity index (χ1n) is 5.35. The number of rotatable bonds is 3. The molecule has 1 N–H and O–H groups in total. The number of amides is 1. The van der Waals surface area contributed by atoms with Gasteiger partial charge in [0.15, 0.2) is 5.13 Å². The number of thiazole rings is 1. The van der Waals surface area contributed by atoms with Crippen LogP contribution in [0.3, 0.4) is 0 Å². The maximum atomic E-state index is 12.0. The molecule has 18 heavy (non-hydrogen) atoms. The van der Waals surface area contributed by atoms with E-state index in [2.05, 4.69) is 10.3 Å². The van der Waals surface area contributed by atoms with Gasteiger partial charge < -0.3 is 0 Å². The molecular weight excluding hydrogens is 311 g/mol. The van der Waals surface area contributed by atoms with Crippen LogP contribution in [0.25, 0.3) is 0 Å². The Morgan fingerprint density at radius 1 is 1.44 bits per heavy atom. The maximum Gasteiger partial charge on any atom is 0.259 e. The van der Waals surface area contributed by atoms with Crippen LogP contribution in [0.2, 0.25) is 8.67 Å². The summed E-state index contributed by atoms with van der Waals surface area (Å²) >= 11 is 14.4. The van der Waals surface area contributed by atoms with Crippen LogP contribution in [-0.2, 0) is 0 Å². The summed E-state index contributed by atoms with van der Waals surface area (Å²) in [5.41, 5.74) is 1.47. The van der Waals surface area contributed by atoms with Crippen molar-refractivity contribution in [3.63, 3.8) is 0 Å². The molecular formula is C11H8Cl2N2OS2. The Hall–Kier alpha value is -0.620. The van der Waals surface area contributed by atoms with Crippen molar-refractivity contribution in [1.29, 1.82) is 0 Å². The lowest BCUT2D eigenvalue weighted by Crippen LogP contribution is -2.11. The van der Waals surface area contributed by atoms with Gasteiger partial charge in [-0.1, -0.05) is 23.2 Å². The third-order valence-corrected chi connectivity index (χ3v) is 4.90. The van der Waals surface area contributed by atoms with Crippen molar-refractivity contribution in [1.82, 2.24) is 4.98 Å². The van der Waals surface area contributed by atoms with Gasteiger partial charge in [0, 0.05) is 11.3 Å². The van der Waals surface area contributed by atoms with Gasteiger partial charge in [-0.15, -0.1) is 22.7 Å². The molecule has 1 amide bonds. The smallest absolute Gasteiger partial charge is 0.259 e. The number of aromatic nitrogens is 1. The molecule has 3 rings (SSSR count). The van der Waals surface area contributed by atoms with Gasteiger partial charge in [-0.05, 0) is 18.9 Å². The zero-order valence-corrected chi connectivity index (χ0v) is 12.2. The van der Waals surface area contributed by atoms with Gasteiger partial charge in [0.25, 0.3) is 5.91 Å². The predicted molar refractivity (Wildman–Crippen MR) is 76.4 cm³/mol. The minimum absolute atomic E-state index is 0.264. The second kappa shape index (κ2) is 4.81. The van der Waals surface area contributed by atoms with Gasteiger partial charge in [0.1, 0.15) is 4.34 Å². The summed E-state index contributed by atoms with van der Waals surface area (Å²) in [5, 5.41) is 5.35. The molecule has 0 spiro atoms. The van der Waals surface area contributed by atoms with E-state index in [4.69, 9.17) is 23.2 Å². The second-order valence-corrected chi connectivity index (χ2v) is 7.19. The van der Waals surface area contributed by atoms with E-state index in [-0.39, 0.29) is 5.91 Å². The number of anilines is 1. The summed E-state index contributed by atoms with van der Waals surface area (Å²) in [7, 11) is 0. The van der Waals surface area contributed by atoms with E-state index in [1.807, 2.05) is 5.38 Å². The summed E-state index contributed by atoms with van der Waals surface area (Å²) < 4.78 is 0.902. The fraction of sp³-hybridized carbons (Fsp3) is 0.273. The fourth-order valence-electron chi connectivity index (χ4n) is 1.57. The van der Waals surface area contributed by atoms with Gasteiger partial charge in [-0.2, -0.15) is 0 Å². The zero-order valence-electron chi connectivity index (χ0n) is 9.07. The van der Waals surface area contributed by atoms with Crippen LogP contribution in [0.15, 0.2) is 11.4 Å². The second-order valence-electron chi connectivity index (χ2n) is 4.04. The first kappa shape index (κ1) is 12.4. The molecule has 0 atom stereocenters. The Kier molecular flexibility index (Phi) is 3.32. The highest BCUT2D eigenvalue weighted by Gasteiger charge is 2.26. The normalized spacial score (nSPS) is 14.8. The Labute approximate surface area is 122 Å². The number of carbonyl (C=O) groups excluding carboxylic acids is 1. The van der Waals surface area contributed by atoms with Gasteiger partial charge in [-0.25, -0.2) is 4.98 Å². The lowest BCUT2D eigenvalue weighted by atomic mass is 10.3. The highest BCUT2D eigenvalue weighted by Crippen LogP contribution is 2.41. The first-order valence-corrected chi connectivity index (χ1v) is 7.80. The van der Waals surface area contributed by atoms with E-state index in [1.165, 1.54) is 35.5 Å². The molecule has 0 saturated heterocycles. The lowest BCUT2D eigenvalue weighted by molar-refractivity contribution is 0.102. The maximum absolute atomic E-state index is 12.0. The molecule has 2 aromatic heterocycles. The monoisotopic (exact) mass is 318 g/mol. The predicted octanol–water partition coefficient (Wildman–Crippen LogP) is 4.64. The van der Waals surface area contributed by atoms with Crippen molar-refractivity contribution >= 4 is 56.9 Å². The molecule has 1 fully saturated rings. The van der Waals surface area contributed by atoms with Crippen LogP contribution in [0.1, 0.15) is 34.8 Å². The summed E-state index contributed by atoms with van der Waals surface area (Å²) in [6.45, 7) is 0. The van der Waals surface area contributed by atoms with Crippen molar-refractivity contribution in [2.24, 2.45) is 0 Å². The Balaban J connectivity index is 1.74. The molecule has 2 heterocycles. The van der Waals surface area contributed by atoms with Crippen LogP contribution < -0.4 is 5.32 Å². The number of nitrogens with zero attached hydrogens (tertiary/aromatic N) is 1. The SMILES string of the molecule is O=C(Nc1nc(C2CC2)cs1)c1cc(Cl)sc1Cl. The Morgan fingerprint density at radius 2 is 2.22 bits per heavy atom. The number of nitrogens with one attached hydrogen (secondary N) is 1. The zero-order chi connectivity index (χ0) is 12.7. The van der Waals surface area contributed by atoms with Gasteiger partial charge in [0.05, 0.1) is 15.6 Å². The summed E-state index contributed by atoms with van der Waals surface area (Å²) in [6, 6.07) is 1.57. The van der Waals surface area contributed by atoms with Gasteiger partial charge in [-0.3, -0.25) is 10.1 Å². The van der Waals surface area contributed by atoms with Crippen molar-refractivity contribution in [2.75, 3.05) is 5.32 Å². The van der Waals surface area contributed by atoms with Gasteiger partial charge >= 0.3 is 0 Å². The summed E-state index contributed by atoms with van der Waals surface area (Å²) in [5.74, 6) is 0.325. The number of carbonyl (C=O) groups is 1. The first-order chi connectivity index (χ1) is 8.63. The minimum atomic E-state index is -0.264. The van der Waals surface area contributed by atoms with E-state index in [1.54, 1.807) is 6.07 Å². The van der Waals surface area contributed by atoms with Crippen LogP contribution in [0.4, 0.5) is 5.13 Å². The molecule has 2 aromatic rings. The number of hydrogen-bond acceptors (Lipinski definition) is 4.